The van der Waals surface area contributed by atoms with E-state index in [0.29, 0.717) is 0 Å². The fourth-order valence-corrected chi connectivity index (χ4v) is 3.21. The largest absolute Gasteiger partial charge is 0.0984 e. The molecular weight excluding hydrogens is 408 g/mol. The minimum atomic E-state index is 1.03. The lowest BCUT2D eigenvalue weighted by Crippen LogP contribution is -1.84. The lowest BCUT2D eigenvalue weighted by Gasteiger charge is -2.04. The van der Waals surface area contributed by atoms with Gasteiger partial charge in [-0.25, -0.2) is 0 Å². The lowest BCUT2D eigenvalue weighted by atomic mass is 10.0. The number of benzene rings is 4. The van der Waals surface area contributed by atoms with Crippen LogP contribution in [-0.4, -0.2) is 0 Å². The van der Waals surface area contributed by atoms with Gasteiger partial charge in [0.05, 0.1) is 0 Å². The maximum atomic E-state index is 4.10. The average molecular weight is 443 g/mol. The molecule has 0 saturated heterocycles. The molecule has 0 aliphatic carbocycles. The molecule has 0 N–H and O–H groups in total. The van der Waals surface area contributed by atoms with Crippen LogP contribution in [0.2, 0.25) is 0 Å². The van der Waals surface area contributed by atoms with Crippen molar-refractivity contribution in [2.75, 3.05) is 0 Å². The molecule has 4 aromatic carbocycles. The van der Waals surface area contributed by atoms with Crippen LogP contribution in [0, 0.1) is 0 Å². The summed E-state index contributed by atoms with van der Waals surface area (Å²) in [6.07, 6.45) is 4.69. The van der Waals surface area contributed by atoms with Crippen LogP contribution in [-0.2, 0) is 0 Å². The van der Waals surface area contributed by atoms with Crippen molar-refractivity contribution in [2.24, 2.45) is 0 Å². The Morgan fingerprint density at radius 2 is 0.853 bits per heavy atom. The average Bonchev–Trinajstić information content (AvgIpc) is 2.94. The van der Waals surface area contributed by atoms with E-state index in [-0.39, 0.29) is 0 Å². The summed E-state index contributed by atoms with van der Waals surface area (Å²) in [6.45, 7) is 17.5. The second-order valence-corrected chi connectivity index (χ2v) is 7.57. The maximum Gasteiger partial charge on any atom is -0.0183 e. The van der Waals surface area contributed by atoms with Crippen LogP contribution >= 0.6 is 0 Å². The first kappa shape index (κ1) is 26.1. The highest BCUT2D eigenvalue weighted by molar-refractivity contribution is 5.77. The molecule has 4 aromatic rings. The first-order chi connectivity index (χ1) is 16.6. The third kappa shape index (κ3) is 8.41. The first-order valence-corrected chi connectivity index (χ1v) is 11.5. The predicted molar refractivity (Wildman–Crippen MR) is 153 cm³/mol. The number of hydrogen-bond acceptors (Lipinski definition) is 0. The van der Waals surface area contributed by atoms with E-state index in [9.17, 15) is 0 Å². The van der Waals surface area contributed by atoms with Gasteiger partial charge in [-0.05, 0) is 45.4 Å². The van der Waals surface area contributed by atoms with Gasteiger partial charge < -0.3 is 0 Å². The third-order valence-electron chi connectivity index (χ3n) is 5.29. The molecule has 0 bridgehead atoms. The second kappa shape index (κ2) is 14.8. The maximum absolute atomic E-state index is 4.10. The third-order valence-corrected chi connectivity index (χ3v) is 5.29. The number of allylic oxidation sites excluding steroid dienone is 1. The van der Waals surface area contributed by atoms with E-state index in [1.165, 1.54) is 22.3 Å². The quantitative estimate of drug-likeness (QED) is 0.279. The molecule has 0 amide bonds. The number of rotatable bonds is 6. The lowest BCUT2D eigenvalue weighted by molar-refractivity contribution is 1.24. The Morgan fingerprint density at radius 3 is 1.18 bits per heavy atom. The minimum Gasteiger partial charge on any atom is -0.0984 e. The van der Waals surface area contributed by atoms with Gasteiger partial charge in [0.25, 0.3) is 0 Å². The molecule has 0 atom stereocenters. The zero-order chi connectivity index (χ0) is 24.6. The molecule has 0 heterocycles. The summed E-state index contributed by atoms with van der Waals surface area (Å²) in [5, 5.41) is 0. The van der Waals surface area contributed by atoms with Gasteiger partial charge in [-0.2, -0.15) is 0 Å². The Hall–Kier alpha value is -4.16. The van der Waals surface area contributed by atoms with E-state index in [2.05, 4.69) is 69.6 Å². The molecule has 0 heteroatoms. The minimum absolute atomic E-state index is 1.03. The molecule has 170 valence electrons. The normalized spacial score (nSPS) is 9.32. The molecule has 34 heavy (non-hydrogen) atoms. The van der Waals surface area contributed by atoms with Crippen molar-refractivity contribution < 1.29 is 0 Å². The van der Waals surface area contributed by atoms with Gasteiger partial charge in [0.15, 0.2) is 0 Å². The van der Waals surface area contributed by atoms with Gasteiger partial charge in [0.2, 0.25) is 0 Å². The molecule has 0 aromatic heterocycles. The van der Waals surface area contributed by atoms with Crippen LogP contribution in [0.15, 0.2) is 142 Å². The molecule has 0 fully saturated rings. The van der Waals surface area contributed by atoms with Crippen molar-refractivity contribution in [3.8, 4) is 0 Å². The Bertz CT molecular complexity index is 1100. The summed E-state index contributed by atoms with van der Waals surface area (Å²) < 4.78 is 0. The molecule has 0 spiro atoms. The summed E-state index contributed by atoms with van der Waals surface area (Å²) in [4.78, 5) is 0. The summed E-state index contributed by atoms with van der Waals surface area (Å²) >= 11 is 0. The molecule has 0 unspecified atom stereocenters. The van der Waals surface area contributed by atoms with Crippen LogP contribution in [0.25, 0.3) is 23.3 Å². The fourth-order valence-electron chi connectivity index (χ4n) is 3.21. The molecule has 0 aliphatic rings. The van der Waals surface area contributed by atoms with Gasteiger partial charge in [-0.1, -0.05) is 161 Å². The highest BCUT2D eigenvalue weighted by atomic mass is 14.0. The summed E-state index contributed by atoms with van der Waals surface area (Å²) in [5.74, 6) is 0. The SMILES string of the molecule is C=C(CC)c1ccccc1.C=C(c1ccccc1)c1ccccc1.C=Cc1ccccc1C=C. The number of hydrogen-bond donors (Lipinski definition) is 0. The predicted octanol–water partition coefficient (Wildman–Crippen LogP) is 9.83. The van der Waals surface area contributed by atoms with Crippen molar-refractivity contribution in [1.29, 1.82) is 0 Å². The van der Waals surface area contributed by atoms with Gasteiger partial charge in [0, 0.05) is 0 Å². The van der Waals surface area contributed by atoms with Gasteiger partial charge in [-0.3, -0.25) is 0 Å². The van der Waals surface area contributed by atoms with Crippen LogP contribution in [0.3, 0.4) is 0 Å². The second-order valence-electron chi connectivity index (χ2n) is 7.57. The van der Waals surface area contributed by atoms with E-state index >= 15 is 0 Å². The molecule has 0 aliphatic heterocycles. The van der Waals surface area contributed by atoms with Crippen LogP contribution in [0.4, 0.5) is 0 Å². The zero-order valence-electron chi connectivity index (χ0n) is 20.2. The standard InChI is InChI=1S/C14H12.C10H12.C10H10/c1-12(13-8-4-2-5-9-13)14-10-6-3-7-11-14;1-3-9(2)10-7-5-4-6-8-10;1-3-9-7-5-6-8-10(9)4-2/h2-11H,1H2;4-8H,2-3H2,1H3;3-8H,1-2H2. The molecular formula is C34H34. The fraction of sp³-hybridized carbons (Fsp3) is 0.0588. The van der Waals surface area contributed by atoms with E-state index < -0.39 is 0 Å². The zero-order valence-corrected chi connectivity index (χ0v) is 20.2. The summed E-state index contributed by atoms with van der Waals surface area (Å²) in [5.41, 5.74) is 8.17. The van der Waals surface area contributed by atoms with Gasteiger partial charge in [-0.15, -0.1) is 0 Å². The van der Waals surface area contributed by atoms with Crippen LogP contribution in [0.1, 0.15) is 41.2 Å². The monoisotopic (exact) mass is 442 g/mol. The highest BCUT2D eigenvalue weighted by Gasteiger charge is 1.99. The smallest absolute Gasteiger partial charge is 0.0183 e. The Labute approximate surface area is 206 Å². The van der Waals surface area contributed by atoms with Crippen LogP contribution in [0.5, 0.6) is 0 Å². The molecule has 0 nitrogen and oxygen atoms in total. The van der Waals surface area contributed by atoms with E-state index in [1.807, 2.05) is 91.0 Å². The van der Waals surface area contributed by atoms with Crippen LogP contribution < -0.4 is 0 Å². The molecule has 0 radical (unpaired) electrons. The van der Waals surface area contributed by atoms with Crippen molar-refractivity contribution >= 4 is 23.3 Å². The summed E-state index contributed by atoms with van der Waals surface area (Å²) in [6, 6.07) is 38.8. The van der Waals surface area contributed by atoms with E-state index in [1.54, 1.807) is 0 Å². The Balaban J connectivity index is 0.000000185. The topological polar surface area (TPSA) is 0 Å². The Morgan fingerprint density at radius 1 is 0.529 bits per heavy atom. The van der Waals surface area contributed by atoms with Crippen molar-refractivity contribution in [1.82, 2.24) is 0 Å². The first-order valence-electron chi connectivity index (χ1n) is 11.5. The molecule has 4 rings (SSSR count). The van der Waals surface area contributed by atoms with Crippen molar-refractivity contribution in [2.45, 2.75) is 13.3 Å². The van der Waals surface area contributed by atoms with Crippen molar-refractivity contribution in [3.05, 3.63) is 169 Å². The van der Waals surface area contributed by atoms with Crippen molar-refractivity contribution in [3.63, 3.8) is 0 Å². The summed E-state index contributed by atoms with van der Waals surface area (Å²) in [7, 11) is 0. The highest BCUT2D eigenvalue weighted by Crippen LogP contribution is 2.20. The molecule has 0 saturated carbocycles. The van der Waals surface area contributed by atoms with Gasteiger partial charge >= 0.3 is 0 Å². The van der Waals surface area contributed by atoms with E-state index in [0.717, 1.165) is 23.1 Å². The van der Waals surface area contributed by atoms with Gasteiger partial charge in [0.1, 0.15) is 0 Å². The Kier molecular flexibility index (Phi) is 11.4. The van der Waals surface area contributed by atoms with E-state index in [4.69, 9.17) is 0 Å².